The molecule has 2 unspecified atom stereocenters. The van der Waals surface area contributed by atoms with Gasteiger partial charge in [0.2, 0.25) is 0 Å². The Morgan fingerprint density at radius 1 is 1.26 bits per heavy atom. The molecule has 1 aliphatic rings. The molecular formula is C13H16Cl2N2O2. The van der Waals surface area contributed by atoms with Crippen molar-refractivity contribution >= 4 is 34.8 Å². The molecule has 1 heterocycles. The van der Waals surface area contributed by atoms with Crippen LogP contribution < -0.4 is 5.73 Å². The molecule has 1 amide bonds. The molecule has 1 aromatic rings. The SMILES string of the molecule is CC1CN(C(=O)c2cc(N)c(Cl)cc2Cl)CC(C)O1. The molecule has 1 saturated heterocycles. The number of morpholine rings is 1. The fraction of sp³-hybridized carbons (Fsp3) is 0.462. The highest BCUT2D eigenvalue weighted by Crippen LogP contribution is 2.28. The number of nitrogens with zero attached hydrogens (tertiary/aromatic N) is 1. The van der Waals surface area contributed by atoms with Crippen molar-refractivity contribution in [3.05, 3.63) is 27.7 Å². The summed E-state index contributed by atoms with van der Waals surface area (Å²) in [4.78, 5) is 14.2. The number of anilines is 1. The van der Waals surface area contributed by atoms with Gasteiger partial charge in [-0.25, -0.2) is 0 Å². The minimum Gasteiger partial charge on any atom is -0.398 e. The first-order valence-corrected chi connectivity index (χ1v) is 6.83. The van der Waals surface area contributed by atoms with Gasteiger partial charge in [0.1, 0.15) is 0 Å². The van der Waals surface area contributed by atoms with Crippen molar-refractivity contribution in [3.63, 3.8) is 0 Å². The van der Waals surface area contributed by atoms with Crippen LogP contribution in [0.1, 0.15) is 24.2 Å². The summed E-state index contributed by atoms with van der Waals surface area (Å²) in [6, 6.07) is 3.02. The maximum Gasteiger partial charge on any atom is 0.255 e. The number of nitrogens with two attached hydrogens (primary N) is 1. The van der Waals surface area contributed by atoms with Crippen molar-refractivity contribution in [1.82, 2.24) is 4.90 Å². The highest BCUT2D eigenvalue weighted by molar-refractivity contribution is 6.38. The standard InChI is InChI=1S/C13H16Cl2N2O2/c1-7-5-17(6-8(2)19-7)13(18)9-3-12(16)11(15)4-10(9)14/h3-4,7-8H,5-6,16H2,1-2H3. The Morgan fingerprint density at radius 2 is 1.84 bits per heavy atom. The predicted octanol–water partition coefficient (Wildman–Crippen LogP) is 2.83. The molecule has 19 heavy (non-hydrogen) atoms. The summed E-state index contributed by atoms with van der Waals surface area (Å²) in [6.45, 7) is 4.96. The lowest BCUT2D eigenvalue weighted by molar-refractivity contribution is -0.0586. The van der Waals surface area contributed by atoms with Crippen LogP contribution in [0.2, 0.25) is 10.0 Å². The van der Waals surface area contributed by atoms with E-state index in [1.54, 1.807) is 4.90 Å². The molecule has 2 atom stereocenters. The average molecular weight is 303 g/mol. The van der Waals surface area contributed by atoms with Gasteiger partial charge in [0.15, 0.2) is 0 Å². The molecule has 4 nitrogen and oxygen atoms in total. The fourth-order valence-electron chi connectivity index (χ4n) is 2.24. The molecule has 0 radical (unpaired) electrons. The van der Waals surface area contributed by atoms with Crippen molar-refractivity contribution in [2.24, 2.45) is 0 Å². The van der Waals surface area contributed by atoms with E-state index in [1.807, 2.05) is 13.8 Å². The third kappa shape index (κ3) is 3.14. The van der Waals surface area contributed by atoms with E-state index in [0.29, 0.717) is 34.4 Å². The van der Waals surface area contributed by atoms with Crippen LogP contribution in [-0.4, -0.2) is 36.1 Å². The maximum atomic E-state index is 12.5. The van der Waals surface area contributed by atoms with Gasteiger partial charge in [0.05, 0.1) is 33.5 Å². The van der Waals surface area contributed by atoms with Gasteiger partial charge in [0, 0.05) is 13.1 Å². The lowest BCUT2D eigenvalue weighted by Crippen LogP contribution is -2.48. The molecule has 104 valence electrons. The van der Waals surface area contributed by atoms with Gasteiger partial charge >= 0.3 is 0 Å². The van der Waals surface area contributed by atoms with E-state index in [4.69, 9.17) is 33.7 Å². The molecule has 0 aromatic heterocycles. The highest BCUT2D eigenvalue weighted by Gasteiger charge is 2.28. The highest BCUT2D eigenvalue weighted by atomic mass is 35.5. The topological polar surface area (TPSA) is 55.6 Å². The summed E-state index contributed by atoms with van der Waals surface area (Å²) in [5.74, 6) is -0.143. The largest absolute Gasteiger partial charge is 0.398 e. The van der Waals surface area contributed by atoms with Gasteiger partial charge in [-0.1, -0.05) is 23.2 Å². The number of rotatable bonds is 1. The molecule has 0 spiro atoms. The number of amides is 1. The van der Waals surface area contributed by atoms with Crippen molar-refractivity contribution in [2.45, 2.75) is 26.1 Å². The van der Waals surface area contributed by atoms with Gasteiger partial charge in [0.25, 0.3) is 5.91 Å². The van der Waals surface area contributed by atoms with Crippen LogP contribution in [0.5, 0.6) is 0 Å². The van der Waals surface area contributed by atoms with Crippen molar-refractivity contribution in [2.75, 3.05) is 18.8 Å². The first-order chi connectivity index (χ1) is 8.88. The Kier molecular flexibility index (Phi) is 4.23. The molecule has 0 saturated carbocycles. The van der Waals surface area contributed by atoms with E-state index < -0.39 is 0 Å². The third-order valence-corrected chi connectivity index (χ3v) is 3.66. The normalized spacial score (nSPS) is 23.5. The second-order valence-electron chi connectivity index (χ2n) is 4.82. The first-order valence-electron chi connectivity index (χ1n) is 6.07. The van der Waals surface area contributed by atoms with Crippen LogP contribution in [0.3, 0.4) is 0 Å². The van der Waals surface area contributed by atoms with Crippen molar-refractivity contribution in [3.8, 4) is 0 Å². The van der Waals surface area contributed by atoms with Crippen LogP contribution in [0.25, 0.3) is 0 Å². The van der Waals surface area contributed by atoms with Crippen molar-refractivity contribution < 1.29 is 9.53 Å². The number of carbonyl (C=O) groups excluding carboxylic acids is 1. The Labute approximate surface area is 122 Å². The summed E-state index contributed by atoms with van der Waals surface area (Å²) in [7, 11) is 0. The molecule has 1 fully saturated rings. The monoisotopic (exact) mass is 302 g/mol. The molecular weight excluding hydrogens is 287 g/mol. The number of nitrogen functional groups attached to an aromatic ring is 1. The predicted molar refractivity (Wildman–Crippen MR) is 76.8 cm³/mol. The summed E-state index contributed by atoms with van der Waals surface area (Å²) in [5.41, 5.74) is 6.46. The van der Waals surface area contributed by atoms with E-state index in [-0.39, 0.29) is 18.1 Å². The summed E-state index contributed by atoms with van der Waals surface area (Å²) in [6.07, 6.45) is 0.0206. The van der Waals surface area contributed by atoms with Crippen LogP contribution in [0, 0.1) is 0 Å². The summed E-state index contributed by atoms with van der Waals surface area (Å²) >= 11 is 11.9. The molecule has 1 aliphatic heterocycles. The zero-order valence-electron chi connectivity index (χ0n) is 10.8. The summed E-state index contributed by atoms with van der Waals surface area (Å²) in [5, 5.41) is 0.668. The molecule has 2 N–H and O–H groups in total. The molecule has 2 rings (SSSR count). The van der Waals surface area contributed by atoms with E-state index in [2.05, 4.69) is 0 Å². The van der Waals surface area contributed by atoms with Crippen LogP contribution in [0.15, 0.2) is 12.1 Å². The van der Waals surface area contributed by atoms with Gasteiger partial charge in [-0.05, 0) is 26.0 Å². The van der Waals surface area contributed by atoms with Crippen LogP contribution in [-0.2, 0) is 4.74 Å². The maximum absolute atomic E-state index is 12.5. The Balaban J connectivity index is 2.26. The minimum atomic E-state index is -0.143. The molecule has 6 heteroatoms. The first kappa shape index (κ1) is 14.4. The fourth-order valence-corrected chi connectivity index (χ4v) is 2.71. The Hall–Kier alpha value is -0.970. The Bertz CT molecular complexity index is 498. The van der Waals surface area contributed by atoms with Gasteiger partial charge < -0.3 is 15.4 Å². The quantitative estimate of drug-likeness (QED) is 0.812. The van der Waals surface area contributed by atoms with Crippen LogP contribution in [0.4, 0.5) is 5.69 Å². The molecule has 1 aromatic carbocycles. The van der Waals surface area contributed by atoms with Crippen LogP contribution >= 0.6 is 23.2 Å². The number of halogens is 2. The van der Waals surface area contributed by atoms with E-state index >= 15 is 0 Å². The number of ether oxygens (including phenoxy) is 1. The smallest absolute Gasteiger partial charge is 0.255 e. The average Bonchev–Trinajstić information content (AvgIpc) is 2.31. The molecule has 0 aliphatic carbocycles. The van der Waals surface area contributed by atoms with Crippen molar-refractivity contribution in [1.29, 1.82) is 0 Å². The second-order valence-corrected chi connectivity index (χ2v) is 5.64. The summed E-state index contributed by atoms with van der Waals surface area (Å²) < 4.78 is 5.60. The zero-order chi connectivity index (χ0) is 14.2. The van der Waals surface area contributed by atoms with E-state index in [0.717, 1.165) is 0 Å². The minimum absolute atomic E-state index is 0.0103. The lowest BCUT2D eigenvalue weighted by atomic mass is 10.1. The van der Waals surface area contributed by atoms with Gasteiger partial charge in [-0.15, -0.1) is 0 Å². The number of carbonyl (C=O) groups is 1. The Morgan fingerprint density at radius 3 is 2.42 bits per heavy atom. The third-order valence-electron chi connectivity index (χ3n) is 3.02. The van der Waals surface area contributed by atoms with Gasteiger partial charge in [-0.2, -0.15) is 0 Å². The lowest BCUT2D eigenvalue weighted by Gasteiger charge is -2.35. The van der Waals surface area contributed by atoms with E-state index in [1.165, 1.54) is 12.1 Å². The number of hydrogen-bond acceptors (Lipinski definition) is 3. The second kappa shape index (κ2) is 5.57. The number of hydrogen-bond donors (Lipinski definition) is 1. The zero-order valence-corrected chi connectivity index (χ0v) is 12.3. The van der Waals surface area contributed by atoms with E-state index in [9.17, 15) is 4.79 Å². The van der Waals surface area contributed by atoms with Gasteiger partial charge in [-0.3, -0.25) is 4.79 Å². The molecule has 0 bridgehead atoms. The number of benzene rings is 1.